The van der Waals surface area contributed by atoms with E-state index in [-0.39, 0.29) is 34.6 Å². The molecule has 4 rings (SSSR count). The first kappa shape index (κ1) is 22.5. The van der Waals surface area contributed by atoms with Crippen LogP contribution in [-0.4, -0.2) is 40.0 Å². The summed E-state index contributed by atoms with van der Waals surface area (Å²) in [6.07, 6.45) is 3.77. The minimum absolute atomic E-state index is 0.0125. The fraction of sp³-hybridized carbons (Fsp3) is 0.409. The summed E-state index contributed by atoms with van der Waals surface area (Å²) in [5.74, 6) is -1.94. The van der Waals surface area contributed by atoms with E-state index in [2.05, 4.69) is 15.4 Å². The molecule has 10 heteroatoms. The van der Waals surface area contributed by atoms with Gasteiger partial charge in [0, 0.05) is 19.5 Å². The molecule has 0 bridgehead atoms. The van der Waals surface area contributed by atoms with Crippen molar-refractivity contribution in [3.63, 3.8) is 0 Å². The molecule has 3 atom stereocenters. The van der Waals surface area contributed by atoms with Gasteiger partial charge in [0.05, 0.1) is 35.3 Å². The highest BCUT2D eigenvalue weighted by molar-refractivity contribution is 7.13. The molecule has 0 unspecified atom stereocenters. The lowest BCUT2D eigenvalue weighted by atomic mass is 10.1. The van der Waals surface area contributed by atoms with Gasteiger partial charge in [-0.05, 0) is 38.3 Å². The van der Waals surface area contributed by atoms with Crippen LogP contribution in [0.2, 0.25) is 0 Å². The Labute approximate surface area is 188 Å². The predicted octanol–water partition coefficient (Wildman–Crippen LogP) is 4.72. The Morgan fingerprint density at radius 1 is 1.31 bits per heavy atom. The van der Waals surface area contributed by atoms with Gasteiger partial charge in [0.1, 0.15) is 28.4 Å². The van der Waals surface area contributed by atoms with Crippen LogP contribution in [0.25, 0.3) is 10.6 Å². The molecule has 2 aromatic heterocycles. The number of nitrogens with zero attached hydrogens (tertiary/aromatic N) is 3. The minimum Gasteiger partial charge on any atom is -0.379 e. The summed E-state index contributed by atoms with van der Waals surface area (Å²) in [5.41, 5.74) is 1.08. The third-order valence-electron chi connectivity index (χ3n) is 5.61. The fourth-order valence-corrected chi connectivity index (χ4v) is 4.82. The molecular weight excluding hydrogens is 438 g/mol. The highest BCUT2D eigenvalue weighted by Crippen LogP contribution is 2.35. The monoisotopic (exact) mass is 462 g/mol. The maximum atomic E-state index is 14.1. The van der Waals surface area contributed by atoms with Crippen molar-refractivity contribution in [3.8, 4) is 10.6 Å². The van der Waals surface area contributed by atoms with Gasteiger partial charge in [-0.25, -0.2) is 13.8 Å². The lowest BCUT2D eigenvalue weighted by Crippen LogP contribution is -2.27. The summed E-state index contributed by atoms with van der Waals surface area (Å²) in [6, 6.07) is 3.59. The Bertz CT molecular complexity index is 1100. The van der Waals surface area contributed by atoms with E-state index in [0.717, 1.165) is 48.4 Å². The van der Waals surface area contributed by atoms with Crippen LogP contribution in [0.1, 0.15) is 48.5 Å². The van der Waals surface area contributed by atoms with E-state index in [1.165, 1.54) is 11.4 Å². The lowest BCUT2D eigenvalue weighted by molar-refractivity contribution is -0.0720. The van der Waals surface area contributed by atoms with Gasteiger partial charge >= 0.3 is 0 Å². The maximum absolute atomic E-state index is 14.1. The largest absolute Gasteiger partial charge is 0.379 e. The molecule has 0 radical (unpaired) electrons. The highest BCUT2D eigenvalue weighted by Gasteiger charge is 2.30. The molecule has 1 saturated heterocycles. The molecule has 1 aromatic carbocycles. The zero-order valence-electron chi connectivity index (χ0n) is 18.0. The zero-order valence-corrected chi connectivity index (χ0v) is 18.8. The van der Waals surface area contributed by atoms with Gasteiger partial charge in [-0.1, -0.05) is 6.07 Å². The van der Waals surface area contributed by atoms with Crippen molar-refractivity contribution < 1.29 is 23.0 Å². The Morgan fingerprint density at radius 3 is 2.78 bits per heavy atom. The number of carbonyl (C=O) groups excluding carboxylic acids is 1. The van der Waals surface area contributed by atoms with Crippen molar-refractivity contribution in [2.24, 2.45) is 7.05 Å². The first-order chi connectivity index (χ1) is 15.4. The summed E-state index contributed by atoms with van der Waals surface area (Å²) in [4.78, 5) is 17.0. The van der Waals surface area contributed by atoms with Crippen LogP contribution in [0.15, 0.2) is 29.8 Å². The molecule has 170 valence electrons. The van der Waals surface area contributed by atoms with Crippen LogP contribution in [0.5, 0.6) is 0 Å². The zero-order chi connectivity index (χ0) is 22.8. The van der Waals surface area contributed by atoms with Gasteiger partial charge < -0.3 is 14.8 Å². The number of aryl methyl sites for hydroxylation is 1. The summed E-state index contributed by atoms with van der Waals surface area (Å²) in [7, 11) is 3.47. The van der Waals surface area contributed by atoms with E-state index in [4.69, 9.17) is 9.47 Å². The molecule has 0 aliphatic carbocycles. The van der Waals surface area contributed by atoms with Gasteiger partial charge in [-0.2, -0.15) is 5.10 Å². The fourth-order valence-electron chi connectivity index (χ4n) is 3.97. The molecule has 0 saturated carbocycles. The second-order valence-corrected chi connectivity index (χ2v) is 8.55. The number of hydrogen-bond acceptors (Lipinski definition) is 6. The molecule has 1 N–H and O–H groups in total. The standard InChI is InChI=1S/C22H24F2N4O3S/c1-12-17(30-3)8-5-9-18(31-12)20-15(10-25-28(20)2)26-21(29)16-11-32-22(27-16)19-13(23)6-4-7-14(19)24/h4,6-7,10-12,17-18H,5,8-9H2,1-3H3,(H,26,29)/t12-,17+,18+/m0/s1. The van der Waals surface area contributed by atoms with Gasteiger partial charge in [-0.15, -0.1) is 11.3 Å². The topological polar surface area (TPSA) is 78.3 Å². The van der Waals surface area contributed by atoms with Gasteiger partial charge in [-0.3, -0.25) is 9.48 Å². The van der Waals surface area contributed by atoms with Crippen LogP contribution in [0.3, 0.4) is 0 Å². The Kier molecular flexibility index (Phi) is 6.63. The van der Waals surface area contributed by atoms with Crippen molar-refractivity contribution in [1.82, 2.24) is 14.8 Å². The van der Waals surface area contributed by atoms with E-state index in [0.29, 0.717) is 5.69 Å². The number of nitrogens with one attached hydrogen (secondary N) is 1. The number of carbonyl (C=O) groups is 1. The number of amides is 1. The molecule has 1 fully saturated rings. The quantitative estimate of drug-likeness (QED) is 0.594. The molecule has 1 aliphatic heterocycles. The number of hydrogen-bond donors (Lipinski definition) is 1. The van der Waals surface area contributed by atoms with Crippen molar-refractivity contribution in [2.75, 3.05) is 12.4 Å². The summed E-state index contributed by atoms with van der Waals surface area (Å²) < 4.78 is 41.5. The molecule has 1 amide bonds. The van der Waals surface area contributed by atoms with Crippen LogP contribution < -0.4 is 5.32 Å². The van der Waals surface area contributed by atoms with Crippen molar-refractivity contribution >= 4 is 22.9 Å². The number of rotatable bonds is 5. The number of halogens is 2. The third kappa shape index (κ3) is 4.43. The average Bonchev–Trinajstić information content (AvgIpc) is 3.32. The molecule has 0 spiro atoms. The average molecular weight is 463 g/mol. The number of ether oxygens (including phenoxy) is 2. The van der Waals surface area contributed by atoms with Crippen LogP contribution in [-0.2, 0) is 16.5 Å². The smallest absolute Gasteiger partial charge is 0.275 e. The van der Waals surface area contributed by atoms with E-state index < -0.39 is 17.5 Å². The van der Waals surface area contributed by atoms with E-state index in [9.17, 15) is 13.6 Å². The Hall–Kier alpha value is -2.69. The summed E-state index contributed by atoms with van der Waals surface area (Å²) in [5, 5.41) is 8.68. The van der Waals surface area contributed by atoms with E-state index >= 15 is 0 Å². The van der Waals surface area contributed by atoms with Crippen LogP contribution >= 0.6 is 11.3 Å². The molecule has 1 aliphatic rings. The van der Waals surface area contributed by atoms with Gasteiger partial charge in [0.2, 0.25) is 0 Å². The summed E-state index contributed by atoms with van der Waals surface area (Å²) in [6.45, 7) is 1.97. The number of methoxy groups -OCH3 is 1. The molecule has 7 nitrogen and oxygen atoms in total. The normalized spacial score (nSPS) is 21.3. The number of anilines is 1. The molecular formula is C22H24F2N4O3S. The first-order valence-electron chi connectivity index (χ1n) is 10.3. The molecule has 32 heavy (non-hydrogen) atoms. The van der Waals surface area contributed by atoms with Crippen molar-refractivity contribution in [2.45, 2.75) is 44.5 Å². The SMILES string of the molecule is CO[C@@H]1CCC[C@H](c2c(NC(=O)c3csc(-c4c(F)cccc4F)n3)cnn2C)O[C@H]1C. The maximum Gasteiger partial charge on any atom is 0.275 e. The third-order valence-corrected chi connectivity index (χ3v) is 6.47. The van der Waals surface area contributed by atoms with Gasteiger partial charge in [0.15, 0.2) is 0 Å². The molecule has 3 heterocycles. The summed E-state index contributed by atoms with van der Waals surface area (Å²) >= 11 is 1.00. The first-order valence-corrected chi connectivity index (χ1v) is 11.2. The van der Waals surface area contributed by atoms with E-state index in [1.807, 2.05) is 6.92 Å². The molecule has 3 aromatic rings. The van der Waals surface area contributed by atoms with Crippen molar-refractivity contribution in [1.29, 1.82) is 0 Å². The van der Waals surface area contributed by atoms with Gasteiger partial charge in [0.25, 0.3) is 5.91 Å². The predicted molar refractivity (Wildman–Crippen MR) is 117 cm³/mol. The number of benzene rings is 1. The number of aromatic nitrogens is 3. The second kappa shape index (κ2) is 9.43. The Balaban J connectivity index is 1.55. The van der Waals surface area contributed by atoms with Crippen LogP contribution in [0.4, 0.5) is 14.5 Å². The highest BCUT2D eigenvalue weighted by atomic mass is 32.1. The van der Waals surface area contributed by atoms with Crippen molar-refractivity contribution in [3.05, 3.63) is 52.8 Å². The van der Waals surface area contributed by atoms with E-state index in [1.54, 1.807) is 25.0 Å². The van der Waals surface area contributed by atoms with Crippen LogP contribution in [0, 0.1) is 11.6 Å². The second-order valence-electron chi connectivity index (χ2n) is 7.69. The number of thiazole rings is 1. The lowest BCUT2D eigenvalue weighted by Gasteiger charge is -2.24. The minimum atomic E-state index is -0.727. The Morgan fingerprint density at radius 2 is 2.06 bits per heavy atom.